The molecule has 1 saturated heterocycles. The number of anilines is 1. The van der Waals surface area contributed by atoms with Gasteiger partial charge in [0, 0.05) is 25.0 Å². The number of hydrogen-bond donors (Lipinski definition) is 1. The van der Waals surface area contributed by atoms with Crippen LogP contribution in [0.1, 0.15) is 11.1 Å². The molecule has 1 N–H and O–H groups in total. The minimum absolute atomic E-state index is 0.781. The first-order chi connectivity index (χ1) is 11.4. The molecule has 5 nitrogen and oxygen atoms in total. The highest BCUT2D eigenvalue weighted by Crippen LogP contribution is 2.18. The molecule has 0 spiro atoms. The third kappa shape index (κ3) is 3.19. The molecule has 3 heterocycles. The topological polar surface area (TPSA) is 54.0 Å². The number of fused-ring (bicyclic) bond motifs is 1. The summed E-state index contributed by atoms with van der Waals surface area (Å²) in [6.07, 6.45) is 5.61. The number of aromatic amines is 1. The van der Waals surface area contributed by atoms with Crippen molar-refractivity contribution in [2.45, 2.75) is 12.8 Å². The number of H-pyrrole nitrogens is 1. The number of pyridine rings is 1. The van der Waals surface area contributed by atoms with Crippen molar-refractivity contribution in [2.75, 3.05) is 31.2 Å². The Labute approximate surface area is 135 Å². The van der Waals surface area contributed by atoms with Crippen LogP contribution in [0.3, 0.4) is 0 Å². The van der Waals surface area contributed by atoms with Crippen LogP contribution in [0.4, 0.5) is 5.69 Å². The summed E-state index contributed by atoms with van der Waals surface area (Å²) in [6, 6.07) is 11.0. The molecular weight excluding hydrogens is 288 g/mol. The van der Waals surface area contributed by atoms with Gasteiger partial charge in [0.2, 0.25) is 0 Å². The Morgan fingerprint density at radius 3 is 2.61 bits per heavy atom. The Kier molecular flexibility index (Phi) is 3.94. The van der Waals surface area contributed by atoms with E-state index in [1.54, 1.807) is 6.33 Å². The summed E-state index contributed by atoms with van der Waals surface area (Å²) in [7, 11) is 0. The van der Waals surface area contributed by atoms with E-state index in [0.717, 1.165) is 50.3 Å². The smallest absolute Gasteiger partial charge is 0.177 e. The molecule has 1 fully saturated rings. The predicted octanol–water partition coefficient (Wildman–Crippen LogP) is 2.58. The normalized spacial score (nSPS) is 15.2. The summed E-state index contributed by atoms with van der Waals surface area (Å²) in [6.45, 7) is 3.61. The molecule has 0 bridgehead atoms. The number of morpholine rings is 1. The van der Waals surface area contributed by atoms with Gasteiger partial charge in [-0.1, -0.05) is 12.1 Å². The molecule has 3 aromatic rings. The third-order valence-electron chi connectivity index (χ3n) is 4.35. The van der Waals surface area contributed by atoms with Gasteiger partial charge in [-0.25, -0.2) is 9.97 Å². The largest absolute Gasteiger partial charge is 0.378 e. The molecule has 5 heteroatoms. The number of ether oxygens (including phenoxy) is 1. The molecule has 0 radical (unpaired) electrons. The van der Waals surface area contributed by atoms with E-state index < -0.39 is 0 Å². The summed E-state index contributed by atoms with van der Waals surface area (Å²) < 4.78 is 5.40. The Hall–Kier alpha value is -2.40. The van der Waals surface area contributed by atoms with E-state index in [-0.39, 0.29) is 0 Å². The standard InChI is InChI=1S/C18H20N4O/c1(2-15-11-17-18(19-12-15)21-13-20-17)14-3-5-16(6-4-14)22-7-9-23-10-8-22/h3-6,11-13H,1-2,7-10H2,(H,19,20,21). The van der Waals surface area contributed by atoms with Crippen LogP contribution in [0, 0.1) is 0 Å². The molecule has 0 atom stereocenters. The van der Waals surface area contributed by atoms with Crippen LogP contribution in [0.15, 0.2) is 42.9 Å². The molecule has 4 rings (SSSR count). The van der Waals surface area contributed by atoms with Gasteiger partial charge < -0.3 is 14.6 Å². The number of rotatable bonds is 4. The van der Waals surface area contributed by atoms with Crippen molar-refractivity contribution < 1.29 is 4.74 Å². The molecular formula is C18H20N4O. The average Bonchev–Trinajstić information content (AvgIpc) is 3.09. The van der Waals surface area contributed by atoms with Crippen LogP contribution in [0.2, 0.25) is 0 Å². The fraction of sp³-hybridized carbons (Fsp3) is 0.333. The van der Waals surface area contributed by atoms with E-state index in [0.29, 0.717) is 0 Å². The zero-order valence-corrected chi connectivity index (χ0v) is 13.0. The van der Waals surface area contributed by atoms with Gasteiger partial charge in [0.25, 0.3) is 0 Å². The molecule has 1 aliphatic rings. The summed E-state index contributed by atoms with van der Waals surface area (Å²) in [5.41, 5.74) is 5.66. The van der Waals surface area contributed by atoms with Crippen LogP contribution < -0.4 is 4.90 Å². The van der Waals surface area contributed by atoms with Gasteiger partial charge in [-0.3, -0.25) is 0 Å². The second-order valence-corrected chi connectivity index (χ2v) is 5.88. The minimum Gasteiger partial charge on any atom is -0.378 e. The van der Waals surface area contributed by atoms with Gasteiger partial charge in [0.05, 0.1) is 25.1 Å². The number of nitrogens with one attached hydrogen (secondary N) is 1. The first-order valence-corrected chi connectivity index (χ1v) is 8.08. The molecule has 118 valence electrons. The highest BCUT2D eigenvalue weighted by molar-refractivity contribution is 5.70. The van der Waals surface area contributed by atoms with Gasteiger partial charge in [-0.05, 0) is 42.2 Å². The lowest BCUT2D eigenvalue weighted by Gasteiger charge is -2.28. The van der Waals surface area contributed by atoms with Crippen molar-refractivity contribution in [3.8, 4) is 0 Å². The van der Waals surface area contributed by atoms with E-state index in [1.807, 2.05) is 6.20 Å². The Morgan fingerprint density at radius 1 is 1.00 bits per heavy atom. The van der Waals surface area contributed by atoms with Crippen molar-refractivity contribution in [1.29, 1.82) is 0 Å². The van der Waals surface area contributed by atoms with Gasteiger partial charge in [0.1, 0.15) is 0 Å². The molecule has 0 saturated carbocycles. The number of nitrogens with zero attached hydrogens (tertiary/aromatic N) is 3. The monoisotopic (exact) mass is 308 g/mol. The minimum atomic E-state index is 0.781. The molecule has 2 aromatic heterocycles. The van der Waals surface area contributed by atoms with Crippen LogP contribution in [-0.2, 0) is 17.6 Å². The number of aromatic nitrogens is 3. The quantitative estimate of drug-likeness (QED) is 0.805. The van der Waals surface area contributed by atoms with Crippen molar-refractivity contribution in [3.05, 3.63) is 54.0 Å². The lowest BCUT2D eigenvalue weighted by Crippen LogP contribution is -2.36. The molecule has 0 aliphatic carbocycles. The maximum Gasteiger partial charge on any atom is 0.177 e. The molecule has 0 amide bonds. The molecule has 0 unspecified atom stereocenters. The number of benzene rings is 1. The van der Waals surface area contributed by atoms with Gasteiger partial charge in [0.15, 0.2) is 5.65 Å². The third-order valence-corrected chi connectivity index (χ3v) is 4.35. The van der Waals surface area contributed by atoms with E-state index in [2.05, 4.69) is 50.2 Å². The SMILES string of the molecule is c1nc2ncc(CCc3ccc(N4CCOCC4)cc3)cc2[nH]1. The van der Waals surface area contributed by atoms with Crippen LogP contribution in [-0.4, -0.2) is 41.3 Å². The highest BCUT2D eigenvalue weighted by atomic mass is 16.5. The van der Waals surface area contributed by atoms with Crippen molar-refractivity contribution in [1.82, 2.24) is 15.0 Å². The number of aryl methyl sites for hydroxylation is 2. The summed E-state index contributed by atoms with van der Waals surface area (Å²) in [4.78, 5) is 14.0. The highest BCUT2D eigenvalue weighted by Gasteiger charge is 2.10. The first-order valence-electron chi connectivity index (χ1n) is 8.08. The van der Waals surface area contributed by atoms with E-state index in [4.69, 9.17) is 4.74 Å². The maximum atomic E-state index is 5.40. The second kappa shape index (κ2) is 6.38. The zero-order chi connectivity index (χ0) is 15.5. The van der Waals surface area contributed by atoms with E-state index >= 15 is 0 Å². The second-order valence-electron chi connectivity index (χ2n) is 5.88. The van der Waals surface area contributed by atoms with Crippen LogP contribution in [0.25, 0.3) is 11.2 Å². The lowest BCUT2D eigenvalue weighted by atomic mass is 10.1. The van der Waals surface area contributed by atoms with Crippen LogP contribution in [0.5, 0.6) is 0 Å². The van der Waals surface area contributed by atoms with Gasteiger partial charge in [-0.2, -0.15) is 0 Å². The van der Waals surface area contributed by atoms with E-state index in [9.17, 15) is 0 Å². The Morgan fingerprint density at radius 2 is 1.78 bits per heavy atom. The number of imidazole rings is 1. The van der Waals surface area contributed by atoms with Gasteiger partial charge >= 0.3 is 0 Å². The number of hydrogen-bond acceptors (Lipinski definition) is 4. The fourth-order valence-corrected chi connectivity index (χ4v) is 2.99. The maximum absolute atomic E-state index is 5.40. The lowest BCUT2D eigenvalue weighted by molar-refractivity contribution is 0.122. The summed E-state index contributed by atoms with van der Waals surface area (Å²) in [5, 5.41) is 0. The molecule has 23 heavy (non-hydrogen) atoms. The Balaban J connectivity index is 1.40. The summed E-state index contributed by atoms with van der Waals surface area (Å²) >= 11 is 0. The van der Waals surface area contributed by atoms with E-state index in [1.165, 1.54) is 16.8 Å². The van der Waals surface area contributed by atoms with Crippen molar-refractivity contribution >= 4 is 16.9 Å². The predicted molar refractivity (Wildman–Crippen MR) is 90.8 cm³/mol. The van der Waals surface area contributed by atoms with Crippen LogP contribution >= 0.6 is 0 Å². The zero-order valence-electron chi connectivity index (χ0n) is 13.0. The summed E-state index contributed by atoms with van der Waals surface area (Å²) in [5.74, 6) is 0. The molecule has 1 aliphatic heterocycles. The first kappa shape index (κ1) is 14.2. The van der Waals surface area contributed by atoms with Crippen molar-refractivity contribution in [2.24, 2.45) is 0 Å². The Bertz CT molecular complexity index is 775. The molecule has 1 aromatic carbocycles. The van der Waals surface area contributed by atoms with Crippen molar-refractivity contribution in [3.63, 3.8) is 0 Å². The van der Waals surface area contributed by atoms with Gasteiger partial charge in [-0.15, -0.1) is 0 Å². The average molecular weight is 308 g/mol. The fourth-order valence-electron chi connectivity index (χ4n) is 2.99.